The van der Waals surface area contributed by atoms with E-state index in [4.69, 9.17) is 0 Å². The Balaban J connectivity index is 1.74. The van der Waals surface area contributed by atoms with Crippen molar-refractivity contribution in [2.75, 3.05) is 13.1 Å². The minimum atomic E-state index is -4.52. The zero-order valence-electron chi connectivity index (χ0n) is 15.9. The Morgan fingerprint density at radius 1 is 1.10 bits per heavy atom. The van der Waals surface area contributed by atoms with Crippen LogP contribution in [0.25, 0.3) is 6.08 Å². The van der Waals surface area contributed by atoms with Crippen LogP contribution < -0.4 is 5.32 Å². The summed E-state index contributed by atoms with van der Waals surface area (Å²) in [5.74, 6) is -1.64. The van der Waals surface area contributed by atoms with E-state index in [2.05, 4.69) is 21.2 Å². The minimum absolute atomic E-state index is 0.0955. The number of nitrogens with one attached hydrogen (secondary N) is 1. The predicted octanol–water partition coefficient (Wildman–Crippen LogP) is 5.18. The Morgan fingerprint density at radius 3 is 2.50 bits per heavy atom. The van der Waals surface area contributed by atoms with Crippen LogP contribution in [0.1, 0.15) is 39.9 Å². The highest BCUT2D eigenvalue weighted by Crippen LogP contribution is 2.52. The molecule has 2 aliphatic rings. The SMILES string of the molecule is O=C(C=Cc1ccccc1C(F)(F)F)[C@@H]1C(=O)c2cccc(Br)c2C12CCNCC2. The molecule has 0 bridgehead atoms. The summed E-state index contributed by atoms with van der Waals surface area (Å²) in [6.45, 7) is 1.33. The molecule has 1 atom stereocenters. The van der Waals surface area contributed by atoms with Crippen molar-refractivity contribution in [1.82, 2.24) is 5.32 Å². The summed E-state index contributed by atoms with van der Waals surface area (Å²) in [5.41, 5.74) is -0.188. The summed E-state index contributed by atoms with van der Waals surface area (Å²) in [6, 6.07) is 10.4. The van der Waals surface area contributed by atoms with Crippen molar-refractivity contribution in [3.05, 3.63) is 75.3 Å². The van der Waals surface area contributed by atoms with E-state index >= 15 is 0 Å². The molecule has 3 nitrogen and oxygen atoms in total. The topological polar surface area (TPSA) is 46.2 Å². The molecule has 1 N–H and O–H groups in total. The molecule has 1 heterocycles. The van der Waals surface area contributed by atoms with Gasteiger partial charge in [0.2, 0.25) is 0 Å². The molecule has 0 radical (unpaired) electrons. The maximum Gasteiger partial charge on any atom is 0.416 e. The van der Waals surface area contributed by atoms with Gasteiger partial charge in [-0.3, -0.25) is 9.59 Å². The Bertz CT molecular complexity index is 1040. The van der Waals surface area contributed by atoms with Gasteiger partial charge in [-0.1, -0.05) is 52.3 Å². The van der Waals surface area contributed by atoms with Crippen molar-refractivity contribution < 1.29 is 22.8 Å². The monoisotopic (exact) mass is 477 g/mol. The van der Waals surface area contributed by atoms with Gasteiger partial charge in [0.1, 0.15) is 0 Å². The van der Waals surface area contributed by atoms with Crippen LogP contribution in [0.4, 0.5) is 13.2 Å². The van der Waals surface area contributed by atoms with Gasteiger partial charge >= 0.3 is 6.18 Å². The third-order valence-electron chi connectivity index (χ3n) is 6.07. The summed E-state index contributed by atoms with van der Waals surface area (Å²) in [7, 11) is 0. The smallest absolute Gasteiger partial charge is 0.317 e. The van der Waals surface area contributed by atoms with Gasteiger partial charge < -0.3 is 5.32 Å². The van der Waals surface area contributed by atoms with Crippen molar-refractivity contribution in [1.29, 1.82) is 0 Å². The molecular weight excluding hydrogens is 459 g/mol. The molecule has 7 heteroatoms. The maximum atomic E-state index is 13.3. The minimum Gasteiger partial charge on any atom is -0.317 e. The molecule has 4 rings (SSSR count). The van der Waals surface area contributed by atoms with Crippen LogP contribution >= 0.6 is 15.9 Å². The van der Waals surface area contributed by atoms with Gasteiger partial charge in [-0.2, -0.15) is 13.2 Å². The van der Waals surface area contributed by atoms with Crippen LogP contribution in [0.5, 0.6) is 0 Å². The molecule has 30 heavy (non-hydrogen) atoms. The number of alkyl halides is 3. The number of fused-ring (bicyclic) bond motifs is 2. The molecule has 2 aromatic rings. The van der Waals surface area contributed by atoms with Crippen molar-refractivity contribution in [3.8, 4) is 0 Å². The van der Waals surface area contributed by atoms with E-state index in [1.165, 1.54) is 24.3 Å². The molecule has 0 unspecified atom stereocenters. The number of benzene rings is 2. The molecule has 1 saturated heterocycles. The number of piperidine rings is 1. The number of Topliss-reactive ketones (excluding diaryl/α,β-unsaturated/α-hetero) is 1. The van der Waals surface area contributed by atoms with E-state index in [1.807, 2.05) is 6.07 Å². The highest BCUT2D eigenvalue weighted by atomic mass is 79.9. The van der Waals surface area contributed by atoms with Gasteiger partial charge in [0.25, 0.3) is 0 Å². The second-order valence-electron chi connectivity index (χ2n) is 7.69. The predicted molar refractivity (Wildman–Crippen MR) is 111 cm³/mol. The van der Waals surface area contributed by atoms with Crippen LogP contribution in [0.3, 0.4) is 0 Å². The summed E-state index contributed by atoms with van der Waals surface area (Å²) in [5, 5.41) is 3.26. The normalized spacial score (nSPS) is 20.7. The van der Waals surface area contributed by atoms with Crippen LogP contribution in [0.2, 0.25) is 0 Å². The van der Waals surface area contributed by atoms with Crippen molar-refractivity contribution in [2.45, 2.75) is 24.4 Å². The molecule has 1 aliphatic carbocycles. The molecule has 1 aliphatic heterocycles. The fourth-order valence-electron chi connectivity index (χ4n) is 4.77. The largest absolute Gasteiger partial charge is 0.416 e. The quantitative estimate of drug-likeness (QED) is 0.489. The van der Waals surface area contributed by atoms with E-state index < -0.39 is 28.9 Å². The number of rotatable bonds is 3. The first-order chi connectivity index (χ1) is 14.3. The molecule has 156 valence electrons. The maximum absolute atomic E-state index is 13.3. The molecule has 2 aromatic carbocycles. The first-order valence-corrected chi connectivity index (χ1v) is 10.5. The van der Waals surface area contributed by atoms with E-state index in [1.54, 1.807) is 12.1 Å². The van der Waals surface area contributed by atoms with Gasteiger partial charge in [0.15, 0.2) is 11.6 Å². The van der Waals surface area contributed by atoms with Gasteiger partial charge in [0, 0.05) is 15.5 Å². The number of carbonyl (C=O) groups excluding carboxylic acids is 2. The van der Waals surface area contributed by atoms with Crippen LogP contribution in [-0.2, 0) is 16.4 Å². The summed E-state index contributed by atoms with van der Waals surface area (Å²) >= 11 is 3.54. The Morgan fingerprint density at radius 2 is 1.80 bits per heavy atom. The first kappa shape index (κ1) is 21.0. The Labute approximate surface area is 180 Å². The average molecular weight is 478 g/mol. The first-order valence-electron chi connectivity index (χ1n) is 9.68. The van der Waals surface area contributed by atoms with E-state index in [-0.39, 0.29) is 11.3 Å². The number of hydrogen-bond donors (Lipinski definition) is 1. The number of allylic oxidation sites excluding steroid dienone is 1. The van der Waals surface area contributed by atoms with Gasteiger partial charge in [0.05, 0.1) is 11.5 Å². The van der Waals surface area contributed by atoms with Crippen molar-refractivity contribution in [3.63, 3.8) is 0 Å². The lowest BCUT2D eigenvalue weighted by Gasteiger charge is -2.38. The van der Waals surface area contributed by atoms with E-state index in [0.29, 0.717) is 31.5 Å². The van der Waals surface area contributed by atoms with Gasteiger partial charge in [-0.15, -0.1) is 0 Å². The summed E-state index contributed by atoms with van der Waals surface area (Å²) in [4.78, 5) is 26.4. The van der Waals surface area contributed by atoms with Crippen molar-refractivity contribution >= 4 is 33.6 Å². The standard InChI is InChI=1S/C23H19BrF3NO2/c24-17-7-3-5-15-19(17)22(10-12-28-13-11-22)20(21(15)30)18(29)9-8-14-4-1-2-6-16(14)23(25,26)27/h1-9,20,28H,10-13H2/t20-/m1/s1. The third kappa shape index (κ3) is 3.44. The highest BCUT2D eigenvalue weighted by molar-refractivity contribution is 9.10. The second-order valence-corrected chi connectivity index (χ2v) is 8.54. The number of carbonyl (C=O) groups is 2. The number of hydrogen-bond acceptors (Lipinski definition) is 3. The van der Waals surface area contributed by atoms with Crippen LogP contribution in [0.15, 0.2) is 53.0 Å². The van der Waals surface area contributed by atoms with Crippen LogP contribution in [0, 0.1) is 5.92 Å². The summed E-state index contributed by atoms with van der Waals surface area (Å²) < 4.78 is 40.6. The van der Waals surface area contributed by atoms with E-state index in [9.17, 15) is 22.8 Å². The molecule has 1 fully saturated rings. The molecule has 1 spiro atoms. The molecule has 0 aromatic heterocycles. The average Bonchev–Trinajstić information content (AvgIpc) is 2.95. The second kappa shape index (κ2) is 7.78. The summed E-state index contributed by atoms with van der Waals surface area (Å²) in [6.07, 6.45) is -0.998. The van der Waals surface area contributed by atoms with Crippen LogP contribution in [-0.4, -0.2) is 24.7 Å². The zero-order valence-corrected chi connectivity index (χ0v) is 17.5. The van der Waals surface area contributed by atoms with Gasteiger partial charge in [-0.05, 0) is 55.3 Å². The third-order valence-corrected chi connectivity index (χ3v) is 6.73. The molecule has 0 amide bonds. The van der Waals surface area contributed by atoms with Crippen molar-refractivity contribution in [2.24, 2.45) is 5.92 Å². The lowest BCUT2D eigenvalue weighted by Crippen LogP contribution is -2.46. The highest BCUT2D eigenvalue weighted by Gasteiger charge is 2.55. The molecule has 0 saturated carbocycles. The van der Waals surface area contributed by atoms with E-state index in [0.717, 1.165) is 22.2 Å². The fourth-order valence-corrected chi connectivity index (χ4v) is 5.53. The Kier molecular flexibility index (Phi) is 5.45. The lowest BCUT2D eigenvalue weighted by molar-refractivity contribution is -0.137. The molecular formula is C23H19BrF3NO2. The zero-order chi connectivity index (χ0) is 21.5. The van der Waals surface area contributed by atoms with Gasteiger partial charge in [-0.25, -0.2) is 0 Å². The lowest BCUT2D eigenvalue weighted by atomic mass is 9.67. The fraction of sp³-hybridized carbons (Fsp3) is 0.304. The Hall–Kier alpha value is -2.25. The number of halogens is 4. The number of ketones is 2.